The minimum atomic E-state index is -2.05. The first-order valence-electron chi connectivity index (χ1n) is 6.64. The number of imidazole rings is 1. The molecule has 1 aromatic carbocycles. The van der Waals surface area contributed by atoms with Gasteiger partial charge in [-0.3, -0.25) is 0 Å². The molecule has 4 rings (SSSR count). The fourth-order valence-electron chi connectivity index (χ4n) is 2.78. The summed E-state index contributed by atoms with van der Waals surface area (Å²) in [7, 11) is 0. The summed E-state index contributed by atoms with van der Waals surface area (Å²) in [6.45, 7) is 0.158. The first-order chi connectivity index (χ1) is 10.6. The lowest BCUT2D eigenvalue weighted by Crippen LogP contribution is -2.41. The van der Waals surface area contributed by atoms with Crippen molar-refractivity contribution in [3.8, 4) is 5.75 Å². The Labute approximate surface area is 128 Å². The largest absolute Gasteiger partial charge is 0.493 e. The van der Waals surface area contributed by atoms with Crippen molar-refractivity contribution in [2.24, 2.45) is 0 Å². The first-order valence-corrected chi connectivity index (χ1v) is 7.02. The third-order valence-electron chi connectivity index (χ3n) is 3.74. The van der Waals surface area contributed by atoms with Crippen molar-refractivity contribution in [3.63, 3.8) is 0 Å². The van der Waals surface area contributed by atoms with Crippen LogP contribution in [0.15, 0.2) is 35.3 Å². The van der Waals surface area contributed by atoms with Crippen LogP contribution in [0.5, 0.6) is 5.75 Å². The Balaban J connectivity index is 2.05. The molecule has 0 aliphatic carbocycles. The molecule has 0 saturated heterocycles. The van der Waals surface area contributed by atoms with Gasteiger partial charge in [0.1, 0.15) is 11.3 Å². The molecule has 0 bridgehead atoms. The molecule has 0 radical (unpaired) electrons. The maximum absolute atomic E-state index is 15.8. The number of rotatable bonds is 1. The van der Waals surface area contributed by atoms with Crippen LogP contribution in [0.2, 0.25) is 5.28 Å². The van der Waals surface area contributed by atoms with Crippen molar-refractivity contribution >= 4 is 22.8 Å². The van der Waals surface area contributed by atoms with E-state index in [1.54, 1.807) is 24.3 Å². The number of nitrogens with one attached hydrogen (secondary N) is 1. The average molecular weight is 321 g/mol. The van der Waals surface area contributed by atoms with Crippen LogP contribution in [-0.4, -0.2) is 26.1 Å². The second-order valence-corrected chi connectivity index (χ2v) is 5.33. The monoisotopic (exact) mass is 320 g/mol. The van der Waals surface area contributed by atoms with Crippen molar-refractivity contribution in [2.45, 2.75) is 12.2 Å². The minimum absolute atomic E-state index is 0.00149. The van der Waals surface area contributed by atoms with Crippen molar-refractivity contribution < 1.29 is 9.13 Å². The van der Waals surface area contributed by atoms with Crippen molar-refractivity contribution in [2.75, 3.05) is 6.61 Å². The predicted octanol–water partition coefficient (Wildman–Crippen LogP) is 2.23. The number of nitrogens with zero attached hydrogens (tertiary/aromatic N) is 3. The molecule has 2 aromatic heterocycles. The molecule has 1 N–H and O–H groups in total. The Kier molecular flexibility index (Phi) is 2.74. The van der Waals surface area contributed by atoms with E-state index in [1.807, 2.05) is 0 Å². The first kappa shape index (κ1) is 13.3. The Morgan fingerprint density at radius 2 is 2.23 bits per heavy atom. The molecule has 1 aliphatic heterocycles. The van der Waals surface area contributed by atoms with Crippen LogP contribution >= 0.6 is 11.6 Å². The summed E-state index contributed by atoms with van der Waals surface area (Å²) < 4.78 is 22.3. The van der Waals surface area contributed by atoms with Gasteiger partial charge in [-0.15, -0.1) is 0 Å². The van der Waals surface area contributed by atoms with E-state index in [2.05, 4.69) is 15.0 Å². The Bertz CT molecular complexity index is 938. The zero-order valence-corrected chi connectivity index (χ0v) is 12.0. The van der Waals surface area contributed by atoms with Crippen LogP contribution in [-0.2, 0) is 5.79 Å². The quantitative estimate of drug-likeness (QED) is 0.698. The van der Waals surface area contributed by atoms with Crippen molar-refractivity contribution in [1.29, 1.82) is 0 Å². The number of para-hydroxylation sites is 1. The Morgan fingerprint density at radius 1 is 1.41 bits per heavy atom. The summed E-state index contributed by atoms with van der Waals surface area (Å²) in [6.07, 6.45) is 1.36. The molecule has 0 fully saturated rings. The number of alkyl halides is 1. The molecular weight excluding hydrogens is 311 g/mol. The van der Waals surface area contributed by atoms with E-state index in [9.17, 15) is 4.79 Å². The van der Waals surface area contributed by atoms with E-state index in [-0.39, 0.29) is 24.0 Å². The number of hydrogen-bond acceptors (Lipinski definition) is 4. The van der Waals surface area contributed by atoms with Crippen LogP contribution < -0.4 is 10.4 Å². The van der Waals surface area contributed by atoms with Crippen LogP contribution in [0.4, 0.5) is 4.39 Å². The highest BCUT2D eigenvalue weighted by Gasteiger charge is 2.42. The number of fused-ring (bicyclic) bond motifs is 2. The number of hydrogen-bond donors (Lipinski definition) is 1. The van der Waals surface area contributed by atoms with E-state index in [0.29, 0.717) is 16.8 Å². The second kappa shape index (κ2) is 4.54. The van der Waals surface area contributed by atoms with Gasteiger partial charge in [-0.1, -0.05) is 18.2 Å². The second-order valence-electron chi connectivity index (χ2n) is 5.00. The van der Waals surface area contributed by atoms with Gasteiger partial charge in [-0.2, -0.15) is 4.98 Å². The fraction of sp³-hybridized carbons (Fsp3) is 0.214. The van der Waals surface area contributed by atoms with Gasteiger partial charge in [0.05, 0.1) is 18.4 Å². The summed E-state index contributed by atoms with van der Waals surface area (Å²) in [5.41, 5.74) is 0.143. The van der Waals surface area contributed by atoms with Gasteiger partial charge >= 0.3 is 5.69 Å². The number of aromatic nitrogens is 4. The smallest absolute Gasteiger partial charge is 0.330 e. The zero-order chi connectivity index (χ0) is 15.3. The summed E-state index contributed by atoms with van der Waals surface area (Å²) in [6, 6.07) is 6.72. The highest BCUT2D eigenvalue weighted by Crippen LogP contribution is 2.41. The van der Waals surface area contributed by atoms with E-state index < -0.39 is 11.5 Å². The van der Waals surface area contributed by atoms with Gasteiger partial charge in [-0.05, 0) is 17.7 Å². The molecule has 1 aliphatic rings. The number of benzene rings is 1. The number of H-pyrrole nitrogens is 1. The lowest BCUT2D eigenvalue weighted by Gasteiger charge is -2.32. The van der Waals surface area contributed by atoms with E-state index >= 15 is 4.39 Å². The average Bonchev–Trinajstić information content (AvgIpc) is 2.83. The fourth-order valence-corrected chi connectivity index (χ4v) is 2.91. The number of halogens is 2. The molecule has 8 heteroatoms. The van der Waals surface area contributed by atoms with Crippen LogP contribution in [0.1, 0.15) is 12.0 Å². The maximum Gasteiger partial charge on any atom is 0.330 e. The molecule has 0 spiro atoms. The summed E-state index contributed by atoms with van der Waals surface area (Å²) in [5, 5.41) is -0.0517. The molecule has 6 nitrogen and oxygen atoms in total. The standard InChI is InChI=1S/C14H10ClFN4O2/c15-12-17-7-9-11(19-12)20(13(21)18-9)14(16)5-6-22-10-4-2-1-3-8(10)14/h1-4,7H,5-6H2,(H,18,21). The van der Waals surface area contributed by atoms with E-state index in [0.717, 1.165) is 4.57 Å². The molecule has 0 amide bonds. The highest BCUT2D eigenvalue weighted by atomic mass is 35.5. The molecule has 112 valence electrons. The van der Waals surface area contributed by atoms with Gasteiger partial charge in [0.25, 0.3) is 0 Å². The molecular formula is C14H10ClFN4O2. The molecule has 0 saturated carbocycles. The van der Waals surface area contributed by atoms with Gasteiger partial charge in [0.2, 0.25) is 11.1 Å². The minimum Gasteiger partial charge on any atom is -0.493 e. The Morgan fingerprint density at radius 3 is 3.09 bits per heavy atom. The topological polar surface area (TPSA) is 72.8 Å². The third-order valence-corrected chi connectivity index (χ3v) is 3.92. The van der Waals surface area contributed by atoms with Gasteiger partial charge < -0.3 is 9.72 Å². The zero-order valence-electron chi connectivity index (χ0n) is 11.2. The molecule has 1 atom stereocenters. The molecule has 1 unspecified atom stereocenters. The molecule has 3 aromatic rings. The lowest BCUT2D eigenvalue weighted by molar-refractivity contribution is 0.0615. The number of ether oxygens (including phenoxy) is 1. The van der Waals surface area contributed by atoms with Crippen LogP contribution in [0.25, 0.3) is 11.2 Å². The van der Waals surface area contributed by atoms with E-state index in [1.165, 1.54) is 6.20 Å². The summed E-state index contributed by atoms with van der Waals surface area (Å²) >= 11 is 5.79. The van der Waals surface area contributed by atoms with Gasteiger partial charge in [0, 0.05) is 6.42 Å². The molecule has 22 heavy (non-hydrogen) atoms. The SMILES string of the molecule is O=c1[nH]c2cnc(Cl)nc2n1C1(F)CCOc2ccccc21. The summed E-state index contributed by atoms with van der Waals surface area (Å²) in [4.78, 5) is 22.6. The van der Waals surface area contributed by atoms with Gasteiger partial charge in [0.15, 0.2) is 5.65 Å². The predicted molar refractivity (Wildman–Crippen MR) is 77.9 cm³/mol. The third kappa shape index (κ3) is 1.75. The van der Waals surface area contributed by atoms with Gasteiger partial charge in [-0.25, -0.2) is 18.7 Å². The van der Waals surface area contributed by atoms with Crippen LogP contribution in [0, 0.1) is 0 Å². The normalized spacial score (nSPS) is 20.6. The van der Waals surface area contributed by atoms with Crippen molar-refractivity contribution in [1.82, 2.24) is 19.5 Å². The summed E-state index contributed by atoms with van der Waals surface area (Å²) in [5.74, 6) is -1.64. The maximum atomic E-state index is 15.8. The Hall–Kier alpha value is -2.41. The van der Waals surface area contributed by atoms with E-state index in [4.69, 9.17) is 16.3 Å². The highest BCUT2D eigenvalue weighted by molar-refractivity contribution is 6.28. The van der Waals surface area contributed by atoms with Crippen molar-refractivity contribution in [3.05, 3.63) is 51.8 Å². The van der Waals surface area contributed by atoms with Crippen LogP contribution in [0.3, 0.4) is 0 Å². The molecule has 3 heterocycles. The lowest BCUT2D eigenvalue weighted by atomic mass is 9.97. The number of aromatic amines is 1.